The summed E-state index contributed by atoms with van der Waals surface area (Å²) >= 11 is 0. The Morgan fingerprint density at radius 1 is 1.25 bits per heavy atom. The van der Waals surface area contributed by atoms with E-state index >= 15 is 0 Å². The molecule has 1 aliphatic heterocycles. The topological polar surface area (TPSA) is 16.9 Å². The lowest BCUT2D eigenvalue weighted by Gasteiger charge is -2.33. The van der Waals surface area contributed by atoms with E-state index in [0.29, 0.717) is 0 Å². The van der Waals surface area contributed by atoms with Crippen LogP contribution >= 0.6 is 0 Å². The third-order valence-corrected chi connectivity index (χ3v) is 3.13. The highest BCUT2D eigenvalue weighted by Crippen LogP contribution is 2.12. The van der Waals surface area contributed by atoms with E-state index in [-0.39, 0.29) is 0 Å². The molecule has 0 bridgehead atoms. The minimum Gasteiger partial charge on any atom is -0.497 e. The number of benzene rings is 1. The van der Waals surface area contributed by atoms with E-state index in [9.17, 15) is 0 Å². The number of ether oxygens (including phenoxy) is 1. The summed E-state index contributed by atoms with van der Waals surface area (Å²) in [6.07, 6.45) is 0. The van der Waals surface area contributed by atoms with Crippen molar-refractivity contribution < 1.29 is 9.64 Å². The number of quaternary nitrogens is 1. The molecule has 3 nitrogen and oxygen atoms in total. The maximum absolute atomic E-state index is 5.15. The van der Waals surface area contributed by atoms with Gasteiger partial charge in [-0.1, -0.05) is 12.1 Å². The first-order valence-electron chi connectivity index (χ1n) is 5.80. The quantitative estimate of drug-likeness (QED) is 0.732. The molecular weight excluding hydrogens is 200 g/mol. The lowest BCUT2D eigenvalue weighted by Crippen LogP contribution is -3.09. The van der Waals surface area contributed by atoms with Gasteiger partial charge in [-0.05, 0) is 17.7 Å². The second kappa shape index (κ2) is 5.32. The van der Waals surface area contributed by atoms with Crippen LogP contribution in [0.1, 0.15) is 5.56 Å². The number of hydrogen-bond donors (Lipinski definition) is 1. The molecule has 1 N–H and O–H groups in total. The van der Waals surface area contributed by atoms with E-state index in [1.807, 2.05) is 12.1 Å². The summed E-state index contributed by atoms with van der Waals surface area (Å²) in [5.41, 5.74) is 1.35. The molecule has 2 rings (SSSR count). The summed E-state index contributed by atoms with van der Waals surface area (Å²) in [5, 5.41) is 0. The van der Waals surface area contributed by atoms with Gasteiger partial charge in [0.25, 0.3) is 0 Å². The predicted molar refractivity (Wildman–Crippen MR) is 64.3 cm³/mol. The van der Waals surface area contributed by atoms with Crippen molar-refractivity contribution in [2.45, 2.75) is 6.54 Å². The predicted octanol–water partition coefficient (Wildman–Crippen LogP) is 0.187. The van der Waals surface area contributed by atoms with E-state index in [0.717, 1.165) is 38.5 Å². The first-order valence-corrected chi connectivity index (χ1v) is 5.80. The van der Waals surface area contributed by atoms with Gasteiger partial charge in [-0.15, -0.1) is 0 Å². The van der Waals surface area contributed by atoms with Crippen molar-refractivity contribution in [1.82, 2.24) is 4.90 Å². The summed E-state index contributed by atoms with van der Waals surface area (Å²) in [6, 6.07) is 8.33. The third kappa shape index (κ3) is 2.97. The normalized spacial score (nSPS) is 18.6. The third-order valence-electron chi connectivity index (χ3n) is 3.13. The standard InChI is InChI=1S/C13H20N2O/c1-14-7-9-15(10-8-14)11-12-3-5-13(16-2)6-4-12/h3-6,14H,1,7-11H2,2H3. The van der Waals surface area contributed by atoms with Crippen LogP contribution in [0.5, 0.6) is 5.75 Å². The van der Waals surface area contributed by atoms with E-state index in [1.165, 1.54) is 10.5 Å². The highest BCUT2D eigenvalue weighted by molar-refractivity contribution is 5.27. The molecule has 0 atom stereocenters. The van der Waals surface area contributed by atoms with Crippen LogP contribution in [0.25, 0.3) is 0 Å². The zero-order valence-electron chi connectivity index (χ0n) is 9.91. The Kier molecular flexibility index (Phi) is 3.80. The second-order valence-corrected chi connectivity index (χ2v) is 4.37. The maximum Gasteiger partial charge on any atom is 0.118 e. The molecule has 88 valence electrons. The fraction of sp³-hybridized carbons (Fsp3) is 0.462. The zero-order chi connectivity index (χ0) is 11.4. The van der Waals surface area contributed by atoms with Crippen molar-refractivity contribution in [3.8, 4) is 5.75 Å². The van der Waals surface area contributed by atoms with Gasteiger partial charge in [0.2, 0.25) is 0 Å². The fourth-order valence-electron chi connectivity index (χ4n) is 2.02. The summed E-state index contributed by atoms with van der Waals surface area (Å²) < 4.78 is 5.15. The Hall–Kier alpha value is -1.06. The number of rotatable bonds is 3. The van der Waals surface area contributed by atoms with E-state index in [1.54, 1.807) is 7.11 Å². The van der Waals surface area contributed by atoms with Crippen LogP contribution in [-0.4, -0.2) is 38.2 Å². The molecule has 0 radical (unpaired) electrons. The monoisotopic (exact) mass is 220 g/mol. The van der Waals surface area contributed by atoms with Crippen LogP contribution in [0, 0.1) is 7.05 Å². The van der Waals surface area contributed by atoms with Gasteiger partial charge in [0, 0.05) is 19.6 Å². The van der Waals surface area contributed by atoms with Crippen LogP contribution in [0.2, 0.25) is 0 Å². The Labute approximate surface area is 97.6 Å². The SMILES string of the molecule is [CH2-][NH+]1CCN(Cc2ccc(OC)cc2)CC1. The van der Waals surface area contributed by atoms with Crippen LogP contribution in [0.4, 0.5) is 0 Å². The van der Waals surface area contributed by atoms with Crippen molar-refractivity contribution in [2.75, 3.05) is 33.3 Å². The van der Waals surface area contributed by atoms with Crippen LogP contribution in [-0.2, 0) is 6.54 Å². The molecule has 0 amide bonds. The van der Waals surface area contributed by atoms with E-state index in [4.69, 9.17) is 4.74 Å². The molecule has 0 unspecified atom stereocenters. The molecule has 0 aromatic heterocycles. The molecule has 16 heavy (non-hydrogen) atoms. The molecule has 0 saturated carbocycles. The van der Waals surface area contributed by atoms with Crippen LogP contribution in [0.3, 0.4) is 0 Å². The van der Waals surface area contributed by atoms with Crippen LogP contribution in [0.15, 0.2) is 24.3 Å². The fourth-order valence-corrected chi connectivity index (χ4v) is 2.02. The summed E-state index contributed by atoms with van der Waals surface area (Å²) in [7, 11) is 5.73. The molecule has 1 heterocycles. The Morgan fingerprint density at radius 2 is 1.88 bits per heavy atom. The highest BCUT2D eigenvalue weighted by atomic mass is 16.5. The molecule has 0 spiro atoms. The number of hydrogen-bond acceptors (Lipinski definition) is 2. The van der Waals surface area contributed by atoms with Gasteiger partial charge in [0.15, 0.2) is 0 Å². The second-order valence-electron chi connectivity index (χ2n) is 4.37. The number of nitrogens with one attached hydrogen (secondary N) is 1. The van der Waals surface area contributed by atoms with Crippen molar-refractivity contribution in [3.05, 3.63) is 36.9 Å². The minimum absolute atomic E-state index is 0.927. The average molecular weight is 220 g/mol. The summed E-state index contributed by atoms with van der Waals surface area (Å²) in [4.78, 5) is 3.88. The molecule has 0 aliphatic carbocycles. The van der Waals surface area contributed by atoms with Gasteiger partial charge in [-0.25, -0.2) is 0 Å². The minimum atomic E-state index is 0.927. The molecular formula is C13H20N2O. The Bertz CT molecular complexity index is 315. The van der Waals surface area contributed by atoms with Gasteiger partial charge in [0.05, 0.1) is 20.2 Å². The maximum atomic E-state index is 5.15. The molecule has 1 aromatic carbocycles. The van der Waals surface area contributed by atoms with Crippen molar-refractivity contribution in [1.29, 1.82) is 0 Å². The average Bonchev–Trinajstić information content (AvgIpc) is 2.33. The summed E-state index contributed by atoms with van der Waals surface area (Å²) in [5.74, 6) is 0.927. The largest absolute Gasteiger partial charge is 0.497 e. The Morgan fingerprint density at radius 3 is 2.44 bits per heavy atom. The van der Waals surface area contributed by atoms with Gasteiger partial charge in [-0.2, -0.15) is 7.05 Å². The first kappa shape index (κ1) is 11.4. The smallest absolute Gasteiger partial charge is 0.118 e. The van der Waals surface area contributed by atoms with Crippen molar-refractivity contribution in [3.63, 3.8) is 0 Å². The first-order chi connectivity index (χ1) is 7.78. The number of methoxy groups -OCH3 is 1. The van der Waals surface area contributed by atoms with Gasteiger partial charge < -0.3 is 9.64 Å². The zero-order valence-corrected chi connectivity index (χ0v) is 9.91. The molecule has 1 aliphatic rings. The van der Waals surface area contributed by atoms with E-state index in [2.05, 4.69) is 24.1 Å². The lowest BCUT2D eigenvalue weighted by atomic mass is 10.2. The number of nitrogens with zero attached hydrogens (tertiary/aromatic N) is 1. The van der Waals surface area contributed by atoms with Gasteiger partial charge in [0.1, 0.15) is 5.75 Å². The lowest BCUT2D eigenvalue weighted by molar-refractivity contribution is -0.858. The van der Waals surface area contributed by atoms with Crippen molar-refractivity contribution in [2.24, 2.45) is 0 Å². The molecule has 1 aromatic rings. The molecule has 1 saturated heterocycles. The Balaban J connectivity index is 1.88. The van der Waals surface area contributed by atoms with E-state index < -0.39 is 0 Å². The van der Waals surface area contributed by atoms with Crippen molar-refractivity contribution >= 4 is 0 Å². The molecule has 1 fully saturated rings. The summed E-state index contributed by atoms with van der Waals surface area (Å²) in [6.45, 7) is 5.62. The van der Waals surface area contributed by atoms with Crippen LogP contribution < -0.4 is 9.64 Å². The highest BCUT2D eigenvalue weighted by Gasteiger charge is 2.13. The van der Waals surface area contributed by atoms with Gasteiger partial charge >= 0.3 is 0 Å². The molecule has 3 heteroatoms. The number of piperazine rings is 1. The van der Waals surface area contributed by atoms with Gasteiger partial charge in [-0.3, -0.25) is 4.90 Å².